The van der Waals surface area contributed by atoms with Crippen LogP contribution in [0.2, 0.25) is 0 Å². The second-order valence-corrected chi connectivity index (χ2v) is 8.27. The maximum atomic E-state index is 12.3. The number of thiazole rings is 1. The summed E-state index contributed by atoms with van der Waals surface area (Å²) in [5.41, 5.74) is 4.73. The van der Waals surface area contributed by atoms with Gasteiger partial charge in [-0.2, -0.15) is 0 Å². The molecule has 0 bridgehead atoms. The van der Waals surface area contributed by atoms with Gasteiger partial charge in [-0.3, -0.25) is 9.20 Å². The van der Waals surface area contributed by atoms with E-state index >= 15 is 0 Å². The molecule has 0 atom stereocenters. The molecule has 0 aliphatic carbocycles. The van der Waals surface area contributed by atoms with E-state index in [2.05, 4.69) is 10.3 Å². The average molecular weight is 399 g/mol. The third kappa shape index (κ3) is 3.33. The Morgan fingerprint density at radius 2 is 1.93 bits per heavy atom. The molecule has 4 aromatic rings. The fraction of sp³-hybridized carbons (Fsp3) is 0.211. The number of hydrogen-bond donors (Lipinski definition) is 1. The van der Waals surface area contributed by atoms with E-state index in [0.717, 1.165) is 37.7 Å². The van der Waals surface area contributed by atoms with Crippen LogP contribution < -0.4 is 5.32 Å². The van der Waals surface area contributed by atoms with Gasteiger partial charge < -0.3 is 10.1 Å². The van der Waals surface area contributed by atoms with Gasteiger partial charge in [0.1, 0.15) is 9.71 Å². The van der Waals surface area contributed by atoms with Crippen LogP contribution in [-0.2, 0) is 9.53 Å². The van der Waals surface area contributed by atoms with Gasteiger partial charge in [0.15, 0.2) is 11.6 Å². The van der Waals surface area contributed by atoms with Crippen LogP contribution in [0.3, 0.4) is 0 Å². The molecule has 1 N–H and O–H groups in total. The lowest BCUT2D eigenvalue weighted by molar-refractivity contribution is -0.119. The summed E-state index contributed by atoms with van der Waals surface area (Å²) in [7, 11) is 0. The topological polar surface area (TPSA) is 72.7 Å². The van der Waals surface area contributed by atoms with Crippen LogP contribution in [-0.4, -0.2) is 27.9 Å². The van der Waals surface area contributed by atoms with Crippen LogP contribution >= 0.6 is 22.7 Å². The van der Waals surface area contributed by atoms with Gasteiger partial charge in [-0.15, -0.1) is 22.7 Å². The van der Waals surface area contributed by atoms with Gasteiger partial charge in [0.25, 0.3) is 5.91 Å². The van der Waals surface area contributed by atoms with E-state index in [-0.39, 0.29) is 12.5 Å². The molecule has 0 aliphatic rings. The second kappa shape index (κ2) is 6.79. The monoisotopic (exact) mass is 399 g/mol. The Morgan fingerprint density at radius 3 is 2.67 bits per heavy atom. The Kier molecular flexibility index (Phi) is 4.45. The van der Waals surface area contributed by atoms with E-state index in [1.807, 2.05) is 48.9 Å². The van der Waals surface area contributed by atoms with Crippen molar-refractivity contribution in [2.75, 3.05) is 11.9 Å². The summed E-state index contributed by atoms with van der Waals surface area (Å²) >= 11 is 2.81. The van der Waals surface area contributed by atoms with Crippen LogP contribution in [0.1, 0.15) is 26.4 Å². The van der Waals surface area contributed by atoms with Crippen molar-refractivity contribution in [1.82, 2.24) is 9.38 Å². The molecular weight excluding hydrogens is 382 g/mol. The van der Waals surface area contributed by atoms with E-state index in [4.69, 9.17) is 4.74 Å². The molecule has 3 heterocycles. The van der Waals surface area contributed by atoms with Gasteiger partial charge in [-0.25, -0.2) is 9.78 Å². The number of benzene rings is 1. The number of thiophene rings is 1. The molecule has 27 heavy (non-hydrogen) atoms. The Morgan fingerprint density at radius 1 is 1.19 bits per heavy atom. The second-order valence-electron chi connectivity index (χ2n) is 6.37. The fourth-order valence-electron chi connectivity index (χ4n) is 3.10. The lowest BCUT2D eigenvalue weighted by atomic mass is 10.1. The van der Waals surface area contributed by atoms with Crippen LogP contribution in [0.25, 0.3) is 15.3 Å². The number of nitrogens with zero attached hydrogens (tertiary/aromatic N) is 2. The first-order valence-corrected chi connectivity index (χ1v) is 10.0. The van der Waals surface area contributed by atoms with Crippen molar-refractivity contribution in [3.05, 3.63) is 51.3 Å². The Bertz CT molecular complexity index is 1160. The van der Waals surface area contributed by atoms with Gasteiger partial charge in [0.05, 0.1) is 5.52 Å². The van der Waals surface area contributed by atoms with Crippen molar-refractivity contribution in [2.45, 2.75) is 20.8 Å². The molecule has 4 rings (SSSR count). The smallest absolute Gasteiger partial charge is 0.348 e. The third-order valence-electron chi connectivity index (χ3n) is 4.22. The average Bonchev–Trinajstić information content (AvgIpc) is 3.27. The predicted molar refractivity (Wildman–Crippen MR) is 108 cm³/mol. The van der Waals surface area contributed by atoms with Crippen molar-refractivity contribution >= 4 is 55.5 Å². The first-order valence-electron chi connectivity index (χ1n) is 8.32. The number of nitrogens with one attached hydrogen (secondary N) is 1. The lowest BCUT2D eigenvalue weighted by Crippen LogP contribution is -2.21. The van der Waals surface area contributed by atoms with Gasteiger partial charge in [0, 0.05) is 17.3 Å². The van der Waals surface area contributed by atoms with Crippen molar-refractivity contribution in [2.24, 2.45) is 0 Å². The number of ether oxygens (including phenoxy) is 1. The standard InChI is InChI=1S/C19H17N3O3S2/c1-10-6-11(2)16(12(3)7-10)20-15(23)9-25-18(24)14-8-13-17(27-14)21-19-22(13)4-5-26-19/h4-8H,9H2,1-3H3,(H,20,23). The number of fused-ring (bicyclic) bond motifs is 3. The van der Waals surface area contributed by atoms with Crippen LogP contribution in [0.5, 0.6) is 0 Å². The van der Waals surface area contributed by atoms with E-state index in [1.54, 1.807) is 6.07 Å². The largest absolute Gasteiger partial charge is 0.451 e. The van der Waals surface area contributed by atoms with E-state index in [1.165, 1.54) is 22.7 Å². The van der Waals surface area contributed by atoms with Gasteiger partial charge in [-0.05, 0) is 38.0 Å². The number of anilines is 1. The molecule has 6 nitrogen and oxygen atoms in total. The minimum Gasteiger partial charge on any atom is -0.451 e. The number of amides is 1. The highest BCUT2D eigenvalue weighted by molar-refractivity contribution is 7.21. The molecule has 3 aromatic heterocycles. The number of imidazole rings is 1. The summed E-state index contributed by atoms with van der Waals surface area (Å²) < 4.78 is 7.12. The number of rotatable bonds is 4. The molecular formula is C19H17N3O3S2. The lowest BCUT2D eigenvalue weighted by Gasteiger charge is -2.12. The molecule has 0 unspecified atom stereocenters. The molecule has 8 heteroatoms. The van der Waals surface area contributed by atoms with Crippen LogP contribution in [0, 0.1) is 20.8 Å². The molecule has 0 fully saturated rings. The SMILES string of the molecule is Cc1cc(C)c(NC(=O)COC(=O)c2cc3c(nc4sccn43)s2)c(C)c1. The Labute approximate surface area is 163 Å². The quantitative estimate of drug-likeness (QED) is 0.519. The maximum Gasteiger partial charge on any atom is 0.348 e. The molecule has 0 radical (unpaired) electrons. The van der Waals surface area contributed by atoms with Gasteiger partial charge >= 0.3 is 5.97 Å². The zero-order valence-electron chi connectivity index (χ0n) is 15.0. The molecule has 1 aromatic carbocycles. The Hall–Kier alpha value is -2.71. The highest BCUT2D eigenvalue weighted by Crippen LogP contribution is 2.28. The summed E-state index contributed by atoms with van der Waals surface area (Å²) in [6, 6.07) is 5.75. The van der Waals surface area contributed by atoms with Crippen LogP contribution in [0.15, 0.2) is 29.8 Å². The number of aromatic nitrogens is 2. The summed E-state index contributed by atoms with van der Waals surface area (Å²) in [5.74, 6) is -0.879. The van der Waals surface area contributed by atoms with Gasteiger partial charge in [-0.1, -0.05) is 17.7 Å². The zero-order valence-corrected chi connectivity index (χ0v) is 16.7. The predicted octanol–water partition coefficient (Wildman–Crippen LogP) is 4.33. The van der Waals surface area contributed by atoms with Gasteiger partial charge in [0.2, 0.25) is 0 Å². The highest BCUT2D eigenvalue weighted by Gasteiger charge is 2.17. The number of carbonyl (C=O) groups is 2. The molecule has 0 spiro atoms. The zero-order chi connectivity index (χ0) is 19.1. The summed E-state index contributed by atoms with van der Waals surface area (Å²) in [6.07, 6.45) is 1.91. The summed E-state index contributed by atoms with van der Waals surface area (Å²) in [6.45, 7) is 5.56. The first-order chi connectivity index (χ1) is 12.9. The third-order valence-corrected chi connectivity index (χ3v) is 5.97. The molecule has 0 saturated carbocycles. The maximum absolute atomic E-state index is 12.3. The van der Waals surface area contributed by atoms with E-state index in [0.29, 0.717) is 4.88 Å². The Balaban J connectivity index is 1.43. The van der Waals surface area contributed by atoms with Crippen molar-refractivity contribution in [3.63, 3.8) is 0 Å². The normalized spacial score (nSPS) is 11.2. The van der Waals surface area contributed by atoms with Crippen molar-refractivity contribution < 1.29 is 14.3 Å². The van der Waals surface area contributed by atoms with E-state index < -0.39 is 5.97 Å². The minimum atomic E-state index is -0.519. The van der Waals surface area contributed by atoms with Crippen molar-refractivity contribution in [3.8, 4) is 0 Å². The molecule has 138 valence electrons. The first kappa shape index (κ1) is 17.7. The number of hydrogen-bond acceptors (Lipinski definition) is 6. The van der Waals surface area contributed by atoms with Crippen molar-refractivity contribution in [1.29, 1.82) is 0 Å². The highest BCUT2D eigenvalue weighted by atomic mass is 32.1. The number of aryl methyl sites for hydroxylation is 3. The van der Waals surface area contributed by atoms with E-state index in [9.17, 15) is 9.59 Å². The molecule has 0 aliphatic heterocycles. The summed E-state index contributed by atoms with van der Waals surface area (Å²) in [5, 5.41) is 4.77. The fourth-order valence-corrected chi connectivity index (χ4v) is 4.80. The van der Waals surface area contributed by atoms with Crippen LogP contribution in [0.4, 0.5) is 5.69 Å². The molecule has 1 amide bonds. The number of carbonyl (C=O) groups excluding carboxylic acids is 2. The molecule has 0 saturated heterocycles. The minimum absolute atomic E-state index is 0.331. The number of esters is 1. The summed E-state index contributed by atoms with van der Waals surface area (Å²) in [4.78, 5) is 31.1.